The molecule has 0 amide bonds. The predicted molar refractivity (Wildman–Crippen MR) is 144 cm³/mol. The summed E-state index contributed by atoms with van der Waals surface area (Å²) in [6, 6.07) is 6.04. The first-order valence-electron chi connectivity index (χ1n) is 12.9. The predicted octanol–water partition coefficient (Wildman–Crippen LogP) is 6.84. The van der Waals surface area contributed by atoms with Crippen molar-refractivity contribution in [3.05, 3.63) is 58.1 Å². The first-order valence-corrected chi connectivity index (χ1v) is 13.3. The van der Waals surface area contributed by atoms with Crippen LogP contribution in [-0.4, -0.2) is 50.9 Å². The molecular formula is C27H26ClF5N6O2. The quantitative estimate of drug-likeness (QED) is 0.148. The van der Waals surface area contributed by atoms with Crippen molar-refractivity contribution in [1.29, 1.82) is 0 Å². The molecule has 4 heterocycles. The number of piperidine rings is 1. The maximum absolute atomic E-state index is 13.9. The minimum absolute atomic E-state index is 0.00665. The molecule has 0 unspecified atom stereocenters. The summed E-state index contributed by atoms with van der Waals surface area (Å²) >= 11 is 6.01. The number of carbonyl (C=O) groups is 1. The van der Waals surface area contributed by atoms with Crippen molar-refractivity contribution in [3.63, 3.8) is 0 Å². The number of aryl methyl sites for hydroxylation is 1. The van der Waals surface area contributed by atoms with E-state index in [0.717, 1.165) is 11.8 Å². The van der Waals surface area contributed by atoms with Crippen molar-refractivity contribution >= 4 is 45.8 Å². The van der Waals surface area contributed by atoms with Crippen LogP contribution in [0.25, 0.3) is 16.6 Å². The molecule has 0 bridgehead atoms. The number of anilines is 2. The highest BCUT2D eigenvalue weighted by Crippen LogP contribution is 2.37. The summed E-state index contributed by atoms with van der Waals surface area (Å²) in [6.45, 7) is 5.18. The molecule has 1 aromatic carbocycles. The Kier molecular flexibility index (Phi) is 7.43. The SMILES string of the molecule is CCOC(=O)c1nc(Cl)ccc1N[C@H](C)c1cc(C)cc2c1nc(N1CCC(F)(F)CC1)n1cc(C(F)(F)F)nc21. The maximum Gasteiger partial charge on any atom is 0.434 e. The van der Waals surface area contributed by atoms with Gasteiger partial charge in [0.15, 0.2) is 11.4 Å². The van der Waals surface area contributed by atoms with Crippen molar-refractivity contribution in [2.75, 3.05) is 29.9 Å². The second kappa shape index (κ2) is 10.6. The molecule has 1 N–H and O–H groups in total. The van der Waals surface area contributed by atoms with Gasteiger partial charge in [0.25, 0.3) is 5.92 Å². The van der Waals surface area contributed by atoms with E-state index in [9.17, 15) is 26.7 Å². The zero-order valence-electron chi connectivity index (χ0n) is 22.3. The smallest absolute Gasteiger partial charge is 0.434 e. The molecule has 0 radical (unpaired) electrons. The molecule has 0 aliphatic carbocycles. The third-order valence-corrected chi connectivity index (χ3v) is 7.11. The van der Waals surface area contributed by atoms with E-state index in [0.29, 0.717) is 22.2 Å². The molecular weight excluding hydrogens is 571 g/mol. The van der Waals surface area contributed by atoms with Crippen LogP contribution in [0.4, 0.5) is 33.6 Å². The number of benzene rings is 1. The van der Waals surface area contributed by atoms with E-state index < -0.39 is 42.6 Å². The summed E-state index contributed by atoms with van der Waals surface area (Å²) in [5.41, 5.74) is 0.850. The fraction of sp³-hybridized carbons (Fsp3) is 0.407. The molecule has 218 valence electrons. The van der Waals surface area contributed by atoms with E-state index in [1.54, 1.807) is 37.8 Å². The first kappa shape index (κ1) is 28.8. The van der Waals surface area contributed by atoms with Gasteiger partial charge < -0.3 is 15.0 Å². The summed E-state index contributed by atoms with van der Waals surface area (Å²) < 4.78 is 75.4. The fourth-order valence-electron chi connectivity index (χ4n) is 4.92. The van der Waals surface area contributed by atoms with Gasteiger partial charge in [0.2, 0.25) is 5.95 Å². The molecule has 1 aliphatic rings. The average molecular weight is 597 g/mol. The number of ether oxygens (including phenoxy) is 1. The number of hydrogen-bond acceptors (Lipinski definition) is 7. The largest absolute Gasteiger partial charge is 0.461 e. The van der Waals surface area contributed by atoms with Crippen LogP contribution in [0.5, 0.6) is 0 Å². The molecule has 8 nitrogen and oxygen atoms in total. The van der Waals surface area contributed by atoms with Crippen LogP contribution in [0, 0.1) is 6.92 Å². The number of esters is 1. The van der Waals surface area contributed by atoms with Gasteiger partial charge in [0.1, 0.15) is 10.8 Å². The van der Waals surface area contributed by atoms with Gasteiger partial charge in [0, 0.05) is 43.1 Å². The first-order chi connectivity index (χ1) is 19.3. The number of nitrogens with zero attached hydrogens (tertiary/aromatic N) is 5. The van der Waals surface area contributed by atoms with Gasteiger partial charge in [-0.15, -0.1) is 0 Å². The zero-order valence-corrected chi connectivity index (χ0v) is 23.1. The molecule has 1 saturated heterocycles. The number of imidazole rings is 1. The number of hydrogen-bond donors (Lipinski definition) is 1. The maximum atomic E-state index is 13.9. The topological polar surface area (TPSA) is 84.6 Å². The molecule has 1 fully saturated rings. The van der Waals surface area contributed by atoms with Crippen LogP contribution < -0.4 is 10.2 Å². The Morgan fingerprint density at radius 2 is 1.88 bits per heavy atom. The minimum atomic E-state index is -4.73. The number of fused-ring (bicyclic) bond motifs is 3. The monoisotopic (exact) mass is 596 g/mol. The summed E-state index contributed by atoms with van der Waals surface area (Å²) in [6.07, 6.45) is -4.78. The van der Waals surface area contributed by atoms with E-state index in [-0.39, 0.29) is 42.1 Å². The van der Waals surface area contributed by atoms with E-state index in [1.165, 1.54) is 10.5 Å². The van der Waals surface area contributed by atoms with Gasteiger partial charge in [-0.05, 0) is 44.5 Å². The lowest BCUT2D eigenvalue weighted by molar-refractivity contribution is -0.140. The molecule has 3 aromatic heterocycles. The third-order valence-electron chi connectivity index (χ3n) is 6.89. The second-order valence-electron chi connectivity index (χ2n) is 9.94. The number of pyridine rings is 1. The standard InChI is InChI=1S/C27H26ClF5N6O2/c1-4-41-24(40)22-18(5-6-20(28)36-22)34-15(3)16-11-14(2)12-17-21(16)37-25(38-9-7-26(29,30)8-10-38)39-13-19(27(31,32)33)35-23(17)39/h5-6,11-13,15,34H,4,7-10H2,1-3H3/t15-/m1/s1. The molecule has 1 aliphatic heterocycles. The Hall–Kier alpha value is -3.74. The van der Waals surface area contributed by atoms with Crippen LogP contribution in [0.3, 0.4) is 0 Å². The van der Waals surface area contributed by atoms with Gasteiger partial charge in [-0.2, -0.15) is 13.2 Å². The number of halogens is 6. The molecule has 4 aromatic rings. The van der Waals surface area contributed by atoms with Crippen molar-refractivity contribution in [2.24, 2.45) is 0 Å². The lowest BCUT2D eigenvalue weighted by Crippen LogP contribution is -2.40. The highest BCUT2D eigenvalue weighted by Gasteiger charge is 2.38. The number of nitrogens with one attached hydrogen (secondary N) is 1. The number of alkyl halides is 5. The molecule has 41 heavy (non-hydrogen) atoms. The average Bonchev–Trinajstić information content (AvgIpc) is 3.36. The molecule has 5 rings (SSSR count). The second-order valence-corrected chi connectivity index (χ2v) is 10.3. The van der Waals surface area contributed by atoms with Gasteiger partial charge in [0.05, 0.1) is 23.9 Å². The zero-order chi connectivity index (χ0) is 29.7. The lowest BCUT2D eigenvalue weighted by Gasteiger charge is -2.33. The Morgan fingerprint density at radius 3 is 2.54 bits per heavy atom. The number of rotatable bonds is 6. The Labute approximate surface area is 236 Å². The van der Waals surface area contributed by atoms with Crippen LogP contribution >= 0.6 is 11.6 Å². The Bertz CT molecular complexity index is 1630. The van der Waals surface area contributed by atoms with Gasteiger partial charge >= 0.3 is 12.1 Å². The minimum Gasteiger partial charge on any atom is -0.461 e. The van der Waals surface area contributed by atoms with Crippen molar-refractivity contribution in [1.82, 2.24) is 19.4 Å². The highest BCUT2D eigenvalue weighted by atomic mass is 35.5. The lowest BCUT2D eigenvalue weighted by atomic mass is 10.0. The van der Waals surface area contributed by atoms with E-state index in [1.807, 2.05) is 6.07 Å². The van der Waals surface area contributed by atoms with Gasteiger partial charge in [-0.3, -0.25) is 4.40 Å². The van der Waals surface area contributed by atoms with E-state index in [4.69, 9.17) is 21.3 Å². The fourth-order valence-corrected chi connectivity index (χ4v) is 5.07. The molecule has 14 heteroatoms. The summed E-state index contributed by atoms with van der Waals surface area (Å²) in [4.78, 5) is 26.8. The van der Waals surface area contributed by atoms with E-state index in [2.05, 4.69) is 15.3 Å². The van der Waals surface area contributed by atoms with Crippen LogP contribution in [-0.2, 0) is 10.9 Å². The van der Waals surface area contributed by atoms with Crippen molar-refractivity contribution < 1.29 is 31.5 Å². The van der Waals surface area contributed by atoms with Crippen LogP contribution in [0.1, 0.15) is 60.0 Å². The number of carbonyl (C=O) groups excluding carboxylic acids is 1. The van der Waals surface area contributed by atoms with Gasteiger partial charge in [-0.25, -0.2) is 28.5 Å². The Morgan fingerprint density at radius 1 is 1.17 bits per heavy atom. The summed E-state index contributed by atoms with van der Waals surface area (Å²) in [7, 11) is 0. The Balaban J connectivity index is 1.67. The van der Waals surface area contributed by atoms with Crippen molar-refractivity contribution in [3.8, 4) is 0 Å². The molecule has 0 spiro atoms. The van der Waals surface area contributed by atoms with Crippen molar-refractivity contribution in [2.45, 2.75) is 51.8 Å². The molecule has 0 saturated carbocycles. The van der Waals surface area contributed by atoms with Crippen LogP contribution in [0.2, 0.25) is 5.15 Å². The summed E-state index contributed by atoms with van der Waals surface area (Å²) in [5, 5.41) is 3.67. The normalized spacial score (nSPS) is 16.3. The summed E-state index contributed by atoms with van der Waals surface area (Å²) in [5.74, 6) is -3.45. The highest BCUT2D eigenvalue weighted by molar-refractivity contribution is 6.29. The van der Waals surface area contributed by atoms with Crippen LogP contribution in [0.15, 0.2) is 30.5 Å². The third kappa shape index (κ3) is 5.72. The van der Waals surface area contributed by atoms with E-state index >= 15 is 0 Å². The number of aromatic nitrogens is 4. The molecule has 1 atom stereocenters. The van der Waals surface area contributed by atoms with Gasteiger partial charge in [-0.1, -0.05) is 17.7 Å².